The number of hydrogen-bond acceptors (Lipinski definition) is 6. The maximum atomic E-state index is 13.4. The number of benzene rings is 1. The standard InChI is InChI=1S/C26H31FN4O5/c1-16-13-31(17(2)15-32)25(34)22-11-19(6-5-18(3)33)12-28-24(22)36-23(16)14-30(4)26(35)29-21-9-7-20(27)8-10-21/h7-12,16-18,23,32-33H,13-15H2,1-4H3,(H,29,35)/t16-,17+,18+,23-/m1/s1. The third-order valence-corrected chi connectivity index (χ3v) is 5.84. The first kappa shape index (κ1) is 26.9. The Labute approximate surface area is 209 Å². The van der Waals surface area contributed by atoms with Gasteiger partial charge < -0.3 is 30.1 Å². The Morgan fingerprint density at radius 1 is 1.36 bits per heavy atom. The first-order valence-electron chi connectivity index (χ1n) is 11.6. The molecule has 1 aromatic carbocycles. The second-order valence-corrected chi connectivity index (χ2v) is 8.96. The normalized spacial score (nSPS) is 19.0. The van der Waals surface area contributed by atoms with Crippen LogP contribution in [0.1, 0.15) is 36.7 Å². The van der Waals surface area contributed by atoms with E-state index < -0.39 is 30.1 Å². The highest BCUT2D eigenvalue weighted by molar-refractivity contribution is 5.97. The fraction of sp³-hybridized carbons (Fsp3) is 0.423. The van der Waals surface area contributed by atoms with Gasteiger partial charge >= 0.3 is 6.03 Å². The van der Waals surface area contributed by atoms with Gasteiger partial charge in [0, 0.05) is 37.0 Å². The van der Waals surface area contributed by atoms with E-state index in [2.05, 4.69) is 22.1 Å². The number of ether oxygens (including phenoxy) is 1. The molecule has 0 fully saturated rings. The van der Waals surface area contributed by atoms with Crippen LogP contribution in [0.2, 0.25) is 0 Å². The molecule has 3 amide bonds. The average molecular weight is 499 g/mol. The fourth-order valence-electron chi connectivity index (χ4n) is 3.68. The number of likely N-dealkylation sites (N-methyl/N-ethyl adjacent to an activating group) is 1. The average Bonchev–Trinajstić information content (AvgIpc) is 2.85. The van der Waals surface area contributed by atoms with Crippen LogP contribution in [0.3, 0.4) is 0 Å². The third kappa shape index (κ3) is 6.71. The van der Waals surface area contributed by atoms with E-state index >= 15 is 0 Å². The Hall–Kier alpha value is -3.68. The molecule has 0 saturated heterocycles. The maximum Gasteiger partial charge on any atom is 0.321 e. The van der Waals surface area contributed by atoms with Crippen molar-refractivity contribution < 1.29 is 28.9 Å². The van der Waals surface area contributed by atoms with Gasteiger partial charge in [-0.1, -0.05) is 18.8 Å². The number of rotatable bonds is 5. The van der Waals surface area contributed by atoms with Gasteiger partial charge in [-0.15, -0.1) is 0 Å². The molecule has 3 N–H and O–H groups in total. The van der Waals surface area contributed by atoms with Crippen molar-refractivity contribution in [3.05, 3.63) is 53.5 Å². The van der Waals surface area contributed by atoms with Crippen LogP contribution in [0.25, 0.3) is 0 Å². The van der Waals surface area contributed by atoms with E-state index in [1.54, 1.807) is 24.9 Å². The minimum Gasteiger partial charge on any atom is -0.472 e. The highest BCUT2D eigenvalue weighted by Crippen LogP contribution is 2.27. The number of nitrogens with zero attached hydrogens (tertiary/aromatic N) is 3. The zero-order valence-electron chi connectivity index (χ0n) is 20.7. The molecule has 192 valence electrons. The summed E-state index contributed by atoms with van der Waals surface area (Å²) in [5.41, 5.74) is 1.07. The van der Waals surface area contributed by atoms with E-state index in [9.17, 15) is 24.2 Å². The zero-order chi connectivity index (χ0) is 26.4. The quantitative estimate of drug-likeness (QED) is 0.545. The molecule has 2 heterocycles. The summed E-state index contributed by atoms with van der Waals surface area (Å²) in [6.45, 7) is 5.40. The maximum absolute atomic E-state index is 13.4. The Bertz CT molecular complexity index is 1150. The van der Waals surface area contributed by atoms with Crippen molar-refractivity contribution in [3.63, 3.8) is 0 Å². The van der Waals surface area contributed by atoms with Crippen LogP contribution in [0.5, 0.6) is 5.88 Å². The van der Waals surface area contributed by atoms with Gasteiger partial charge in [-0.2, -0.15) is 0 Å². The lowest BCUT2D eigenvalue weighted by atomic mass is 10.00. The van der Waals surface area contributed by atoms with Gasteiger partial charge in [-0.3, -0.25) is 4.79 Å². The van der Waals surface area contributed by atoms with Crippen molar-refractivity contribution in [1.29, 1.82) is 0 Å². The predicted octanol–water partition coefficient (Wildman–Crippen LogP) is 2.34. The topological polar surface area (TPSA) is 115 Å². The van der Waals surface area contributed by atoms with E-state index in [1.165, 1.54) is 42.3 Å². The molecule has 1 aromatic heterocycles. The summed E-state index contributed by atoms with van der Waals surface area (Å²) in [6.07, 6.45) is 0.0816. The summed E-state index contributed by atoms with van der Waals surface area (Å²) in [6, 6.07) is 6.13. The van der Waals surface area contributed by atoms with Gasteiger partial charge in [-0.05, 0) is 44.2 Å². The number of anilines is 1. The SMILES string of the molecule is C[C@H](O)C#Cc1cnc2c(c1)C(=O)N([C@@H](C)CO)C[C@@H](C)[C@@H](CN(C)C(=O)Nc1ccc(F)cc1)O2. The van der Waals surface area contributed by atoms with E-state index in [-0.39, 0.29) is 43.0 Å². The number of aliphatic hydroxyl groups is 2. The number of carbonyl (C=O) groups is 2. The first-order valence-corrected chi connectivity index (χ1v) is 11.6. The summed E-state index contributed by atoms with van der Waals surface area (Å²) in [5, 5.41) is 21.9. The lowest BCUT2D eigenvalue weighted by Crippen LogP contribution is -2.50. The van der Waals surface area contributed by atoms with Gasteiger partial charge in [0.05, 0.1) is 19.2 Å². The van der Waals surface area contributed by atoms with Gasteiger partial charge in [0.2, 0.25) is 5.88 Å². The number of fused-ring (bicyclic) bond motifs is 1. The highest BCUT2D eigenvalue weighted by Gasteiger charge is 2.34. The lowest BCUT2D eigenvalue weighted by Gasteiger charge is -2.37. The zero-order valence-corrected chi connectivity index (χ0v) is 20.7. The van der Waals surface area contributed by atoms with Crippen molar-refractivity contribution in [2.75, 3.05) is 32.1 Å². The van der Waals surface area contributed by atoms with E-state index in [0.717, 1.165) is 0 Å². The number of aliphatic hydroxyl groups excluding tert-OH is 2. The van der Waals surface area contributed by atoms with Crippen LogP contribution in [0, 0.1) is 23.6 Å². The van der Waals surface area contributed by atoms with E-state index in [4.69, 9.17) is 4.74 Å². The van der Waals surface area contributed by atoms with Crippen LogP contribution in [0.4, 0.5) is 14.9 Å². The largest absolute Gasteiger partial charge is 0.472 e. The Kier molecular flexibility index (Phi) is 8.85. The number of pyridine rings is 1. The molecule has 2 aromatic rings. The van der Waals surface area contributed by atoms with Crippen molar-refractivity contribution >= 4 is 17.6 Å². The van der Waals surface area contributed by atoms with Crippen LogP contribution in [-0.4, -0.2) is 81.9 Å². The number of carbonyl (C=O) groups excluding carboxylic acids is 2. The van der Waals surface area contributed by atoms with Gasteiger partial charge in [0.1, 0.15) is 23.6 Å². The molecule has 0 spiro atoms. The van der Waals surface area contributed by atoms with Crippen molar-refractivity contribution in [2.24, 2.45) is 5.92 Å². The lowest BCUT2D eigenvalue weighted by molar-refractivity contribution is 0.0356. The second kappa shape index (κ2) is 11.8. The number of aromatic nitrogens is 1. The van der Waals surface area contributed by atoms with Gasteiger partial charge in [0.25, 0.3) is 5.91 Å². The molecule has 36 heavy (non-hydrogen) atoms. The molecule has 0 aliphatic carbocycles. The smallest absolute Gasteiger partial charge is 0.321 e. The first-order chi connectivity index (χ1) is 17.1. The van der Waals surface area contributed by atoms with Gasteiger partial charge in [-0.25, -0.2) is 14.2 Å². The van der Waals surface area contributed by atoms with Crippen molar-refractivity contribution in [1.82, 2.24) is 14.8 Å². The van der Waals surface area contributed by atoms with E-state index in [0.29, 0.717) is 11.3 Å². The molecule has 1 aliphatic heterocycles. The summed E-state index contributed by atoms with van der Waals surface area (Å²) in [4.78, 5) is 33.4. The summed E-state index contributed by atoms with van der Waals surface area (Å²) < 4.78 is 19.3. The van der Waals surface area contributed by atoms with Crippen molar-refractivity contribution in [3.8, 4) is 17.7 Å². The van der Waals surface area contributed by atoms with E-state index in [1.807, 2.05) is 6.92 Å². The van der Waals surface area contributed by atoms with Crippen LogP contribution in [0.15, 0.2) is 36.5 Å². The minimum absolute atomic E-state index is 0.0987. The second-order valence-electron chi connectivity index (χ2n) is 8.96. The van der Waals surface area contributed by atoms with Gasteiger partial charge in [0.15, 0.2) is 0 Å². The molecular weight excluding hydrogens is 467 g/mol. The summed E-state index contributed by atoms with van der Waals surface area (Å²) in [5.74, 6) is 4.53. The Balaban J connectivity index is 1.87. The number of hydrogen-bond donors (Lipinski definition) is 3. The Morgan fingerprint density at radius 3 is 2.69 bits per heavy atom. The molecule has 0 saturated carbocycles. The number of amides is 3. The number of urea groups is 1. The number of nitrogens with one attached hydrogen (secondary N) is 1. The van der Waals surface area contributed by atoms with Crippen LogP contribution < -0.4 is 10.1 Å². The molecule has 0 radical (unpaired) electrons. The summed E-state index contributed by atoms with van der Waals surface area (Å²) >= 11 is 0. The molecule has 9 nitrogen and oxygen atoms in total. The molecular formula is C26H31FN4O5. The molecule has 0 unspecified atom stereocenters. The molecule has 10 heteroatoms. The Morgan fingerprint density at radius 2 is 2.06 bits per heavy atom. The minimum atomic E-state index is -0.841. The highest BCUT2D eigenvalue weighted by atomic mass is 19.1. The number of halogens is 1. The predicted molar refractivity (Wildman–Crippen MR) is 132 cm³/mol. The van der Waals surface area contributed by atoms with Crippen LogP contribution in [-0.2, 0) is 0 Å². The fourth-order valence-corrected chi connectivity index (χ4v) is 3.68. The molecule has 3 rings (SSSR count). The van der Waals surface area contributed by atoms with Crippen molar-refractivity contribution in [2.45, 2.75) is 39.0 Å². The molecule has 4 atom stereocenters. The third-order valence-electron chi connectivity index (χ3n) is 5.84. The molecule has 1 aliphatic rings. The van der Waals surface area contributed by atoms with Crippen LogP contribution >= 0.6 is 0 Å². The monoisotopic (exact) mass is 498 g/mol. The molecule has 0 bridgehead atoms. The summed E-state index contributed by atoms with van der Waals surface area (Å²) in [7, 11) is 1.61.